The Morgan fingerprint density at radius 3 is 2.41 bits per heavy atom. The molecule has 0 aliphatic carbocycles. The van der Waals surface area contributed by atoms with Gasteiger partial charge in [0.15, 0.2) is 0 Å². The molecule has 1 heterocycles. The molecule has 0 unspecified atom stereocenters. The summed E-state index contributed by atoms with van der Waals surface area (Å²) in [4.78, 5) is 47.4. The highest BCUT2D eigenvalue weighted by molar-refractivity contribution is 8.00. The summed E-state index contributed by atoms with van der Waals surface area (Å²) in [6.45, 7) is 4.31. The number of amides is 1. The number of hydrogen-bond acceptors (Lipinski definition) is 9. The molecule has 0 spiro atoms. The highest BCUT2D eigenvalue weighted by Gasteiger charge is 2.32. The molecule has 10 heteroatoms. The van der Waals surface area contributed by atoms with E-state index >= 15 is 0 Å². The lowest BCUT2D eigenvalue weighted by Gasteiger charge is -2.31. The predicted octanol–water partition coefficient (Wildman–Crippen LogP) is 1.86. The van der Waals surface area contributed by atoms with Gasteiger partial charge in [0.2, 0.25) is 0 Å². The van der Waals surface area contributed by atoms with Crippen molar-refractivity contribution in [2.45, 2.75) is 44.5 Å². The molecule has 1 amide bonds. The first-order valence-corrected chi connectivity index (χ1v) is 11.1. The second-order valence-electron chi connectivity index (χ2n) is 6.78. The lowest BCUT2D eigenvalue weighted by Crippen LogP contribution is -2.45. The molecule has 32 heavy (non-hydrogen) atoms. The van der Waals surface area contributed by atoms with Gasteiger partial charge in [0.25, 0.3) is 5.91 Å². The summed E-state index contributed by atoms with van der Waals surface area (Å²) < 4.78 is 21.2. The van der Waals surface area contributed by atoms with E-state index in [1.165, 1.54) is 25.6 Å². The zero-order valence-corrected chi connectivity index (χ0v) is 19.0. The normalized spacial score (nSPS) is 20.7. The standard InChI is InChI=1S/C22H27NO8S/c1-4-28-22(27)17(23-21(26)16-8-6-5-7-9-16)13-32-20-11-10-18(30-15(3)25)19(31-20)12-29-14(2)24/h5-11,17-20H,4,12-13H2,1-3H3,(H,23,26)/t17-,18+,19+,20+/m0/s1. The van der Waals surface area contributed by atoms with Crippen molar-refractivity contribution in [3.05, 3.63) is 48.0 Å². The predicted molar refractivity (Wildman–Crippen MR) is 117 cm³/mol. The first-order chi connectivity index (χ1) is 15.3. The Morgan fingerprint density at radius 1 is 1.06 bits per heavy atom. The van der Waals surface area contributed by atoms with E-state index in [1.54, 1.807) is 49.4 Å². The third-order valence-corrected chi connectivity index (χ3v) is 5.35. The van der Waals surface area contributed by atoms with Crippen molar-refractivity contribution in [1.29, 1.82) is 0 Å². The number of hydrogen-bond donors (Lipinski definition) is 1. The minimum Gasteiger partial charge on any atom is -0.464 e. The molecule has 0 fully saturated rings. The van der Waals surface area contributed by atoms with Crippen LogP contribution in [-0.2, 0) is 33.3 Å². The van der Waals surface area contributed by atoms with Crippen molar-refractivity contribution in [1.82, 2.24) is 5.32 Å². The van der Waals surface area contributed by atoms with E-state index in [0.717, 1.165) is 0 Å². The van der Waals surface area contributed by atoms with Gasteiger partial charge in [0.1, 0.15) is 30.3 Å². The van der Waals surface area contributed by atoms with Crippen molar-refractivity contribution in [3.63, 3.8) is 0 Å². The highest BCUT2D eigenvalue weighted by atomic mass is 32.2. The number of nitrogens with one attached hydrogen (secondary N) is 1. The fraction of sp³-hybridized carbons (Fsp3) is 0.455. The van der Waals surface area contributed by atoms with Crippen LogP contribution >= 0.6 is 11.8 Å². The molecular formula is C22H27NO8S. The minimum atomic E-state index is -0.900. The summed E-state index contributed by atoms with van der Waals surface area (Å²) in [7, 11) is 0. The highest BCUT2D eigenvalue weighted by Crippen LogP contribution is 2.25. The molecule has 1 N–H and O–H groups in total. The average Bonchev–Trinajstić information content (AvgIpc) is 2.76. The third-order valence-electron chi connectivity index (χ3n) is 4.23. The molecular weight excluding hydrogens is 438 g/mol. The van der Waals surface area contributed by atoms with Crippen molar-refractivity contribution in [2.24, 2.45) is 0 Å². The van der Waals surface area contributed by atoms with Gasteiger partial charge in [-0.2, -0.15) is 0 Å². The van der Waals surface area contributed by atoms with Gasteiger partial charge >= 0.3 is 17.9 Å². The quantitative estimate of drug-likeness (QED) is 0.314. The third kappa shape index (κ3) is 8.35. The van der Waals surface area contributed by atoms with Gasteiger partial charge in [-0.05, 0) is 31.2 Å². The van der Waals surface area contributed by atoms with Gasteiger partial charge in [0, 0.05) is 25.2 Å². The van der Waals surface area contributed by atoms with Crippen molar-refractivity contribution in [2.75, 3.05) is 19.0 Å². The van der Waals surface area contributed by atoms with E-state index in [1.807, 2.05) is 0 Å². The van der Waals surface area contributed by atoms with Gasteiger partial charge in [-0.15, -0.1) is 11.8 Å². The van der Waals surface area contributed by atoms with Gasteiger partial charge in [-0.25, -0.2) is 4.79 Å². The summed E-state index contributed by atoms with van der Waals surface area (Å²) in [6, 6.07) is 7.64. The lowest BCUT2D eigenvalue weighted by molar-refractivity contribution is -0.160. The van der Waals surface area contributed by atoms with Crippen molar-refractivity contribution in [3.8, 4) is 0 Å². The van der Waals surface area contributed by atoms with Crippen LogP contribution in [-0.4, -0.2) is 66.5 Å². The molecule has 0 radical (unpaired) electrons. The van der Waals surface area contributed by atoms with Crippen LogP contribution in [0.25, 0.3) is 0 Å². The fourth-order valence-corrected chi connectivity index (χ4v) is 3.81. The van der Waals surface area contributed by atoms with Crippen LogP contribution in [0.2, 0.25) is 0 Å². The average molecular weight is 466 g/mol. The molecule has 2 rings (SSSR count). The Morgan fingerprint density at radius 2 is 1.78 bits per heavy atom. The van der Waals surface area contributed by atoms with Gasteiger partial charge in [0.05, 0.1) is 6.61 Å². The van der Waals surface area contributed by atoms with Crippen LogP contribution in [0.3, 0.4) is 0 Å². The number of thioether (sulfide) groups is 1. The molecule has 1 aliphatic rings. The maximum Gasteiger partial charge on any atom is 0.329 e. The largest absolute Gasteiger partial charge is 0.464 e. The Labute approximate surface area is 190 Å². The molecule has 0 saturated heterocycles. The van der Waals surface area contributed by atoms with Gasteiger partial charge in [-0.3, -0.25) is 14.4 Å². The Hall–Kier alpha value is -2.85. The molecule has 1 aliphatic heterocycles. The number of carbonyl (C=O) groups is 4. The Balaban J connectivity index is 2.03. The van der Waals surface area contributed by atoms with E-state index in [0.29, 0.717) is 5.56 Å². The summed E-state index contributed by atoms with van der Waals surface area (Å²) >= 11 is 1.25. The molecule has 1 aromatic rings. The van der Waals surface area contributed by atoms with Crippen LogP contribution in [0.5, 0.6) is 0 Å². The molecule has 0 bridgehead atoms. The molecule has 174 valence electrons. The van der Waals surface area contributed by atoms with Crippen LogP contribution in [0.4, 0.5) is 0 Å². The Bertz CT molecular complexity index is 828. The van der Waals surface area contributed by atoms with Crippen LogP contribution in [0.1, 0.15) is 31.1 Å². The zero-order valence-electron chi connectivity index (χ0n) is 18.1. The lowest BCUT2D eigenvalue weighted by atomic mass is 10.1. The second-order valence-corrected chi connectivity index (χ2v) is 7.91. The van der Waals surface area contributed by atoms with E-state index < -0.39 is 47.5 Å². The zero-order chi connectivity index (χ0) is 23.5. The summed E-state index contributed by atoms with van der Waals surface area (Å²) in [5, 5.41) is 2.69. The number of carbonyl (C=O) groups excluding carboxylic acids is 4. The number of rotatable bonds is 10. The summed E-state index contributed by atoms with van der Waals surface area (Å²) in [6.07, 6.45) is 1.93. The first-order valence-electron chi connectivity index (χ1n) is 10.1. The maximum atomic E-state index is 12.5. The number of ether oxygens (including phenoxy) is 4. The van der Waals surface area contributed by atoms with E-state index in [2.05, 4.69) is 5.32 Å². The number of benzene rings is 1. The topological polar surface area (TPSA) is 117 Å². The smallest absolute Gasteiger partial charge is 0.329 e. The molecule has 0 saturated carbocycles. The molecule has 1 aromatic carbocycles. The molecule has 9 nitrogen and oxygen atoms in total. The maximum absolute atomic E-state index is 12.5. The van der Waals surface area contributed by atoms with E-state index in [4.69, 9.17) is 18.9 Å². The van der Waals surface area contributed by atoms with Crippen molar-refractivity contribution >= 4 is 35.6 Å². The summed E-state index contributed by atoms with van der Waals surface area (Å²) in [5.41, 5.74) is -0.0980. The Kier molecular flexibility index (Phi) is 10.2. The second kappa shape index (κ2) is 12.9. The molecule has 0 aromatic heterocycles. The first kappa shape index (κ1) is 25.4. The van der Waals surface area contributed by atoms with E-state index in [9.17, 15) is 19.2 Å². The van der Waals surface area contributed by atoms with Crippen LogP contribution in [0, 0.1) is 0 Å². The van der Waals surface area contributed by atoms with Crippen molar-refractivity contribution < 1.29 is 38.1 Å². The van der Waals surface area contributed by atoms with Crippen LogP contribution < -0.4 is 5.32 Å². The SMILES string of the molecule is CCOC(=O)[C@H](CS[C@@H]1C=C[C@@H](OC(C)=O)[C@@H](COC(C)=O)O1)NC(=O)c1ccccc1. The fourth-order valence-electron chi connectivity index (χ4n) is 2.79. The van der Waals surface area contributed by atoms with Gasteiger partial charge < -0.3 is 24.3 Å². The monoisotopic (exact) mass is 465 g/mol. The minimum absolute atomic E-state index is 0.0965. The van der Waals surface area contributed by atoms with Gasteiger partial charge in [-0.1, -0.05) is 18.2 Å². The van der Waals surface area contributed by atoms with E-state index in [-0.39, 0.29) is 19.0 Å². The number of esters is 3. The molecule has 4 atom stereocenters. The van der Waals surface area contributed by atoms with Crippen LogP contribution in [0.15, 0.2) is 42.5 Å². The summed E-state index contributed by atoms with van der Waals surface area (Å²) in [5.74, 6) is -1.76.